The second-order valence-electron chi connectivity index (χ2n) is 4.66. The number of hydrogen-bond acceptors (Lipinski definition) is 5. The van der Waals surface area contributed by atoms with Crippen molar-refractivity contribution in [2.45, 2.75) is 25.9 Å². The molecule has 0 aliphatic carbocycles. The van der Waals surface area contributed by atoms with E-state index in [0.29, 0.717) is 18.1 Å². The molecule has 0 saturated heterocycles. The first kappa shape index (κ1) is 13.8. The van der Waals surface area contributed by atoms with Gasteiger partial charge in [-0.15, -0.1) is 10.2 Å². The quantitative estimate of drug-likeness (QED) is 0.902. The van der Waals surface area contributed by atoms with Crippen LogP contribution in [0, 0.1) is 0 Å². The zero-order chi connectivity index (χ0) is 15.0. The second kappa shape index (κ2) is 4.99. The number of halogens is 3. The highest BCUT2D eigenvalue weighted by Crippen LogP contribution is 2.30. The van der Waals surface area contributed by atoms with E-state index in [2.05, 4.69) is 15.2 Å². The van der Waals surface area contributed by atoms with Crippen LogP contribution in [0.3, 0.4) is 0 Å². The number of nitrogens with zero attached hydrogens (tertiary/aromatic N) is 5. The molecule has 0 saturated carbocycles. The average Bonchev–Trinajstić information content (AvgIpc) is 2.90. The number of hydrogen-bond donors (Lipinski definition) is 1. The number of aliphatic hydroxyl groups excluding tert-OH is 1. The molecule has 112 valence electrons. The van der Waals surface area contributed by atoms with Gasteiger partial charge in [0.15, 0.2) is 5.82 Å². The van der Waals surface area contributed by atoms with Crippen molar-refractivity contribution in [1.29, 1.82) is 0 Å². The number of fused-ring (bicyclic) bond motifs is 1. The lowest BCUT2D eigenvalue weighted by Gasteiger charge is -2.29. The highest BCUT2D eigenvalue weighted by atomic mass is 19.4. The molecule has 0 bridgehead atoms. The Hall–Kier alpha value is -2.16. The third kappa shape index (κ3) is 2.56. The van der Waals surface area contributed by atoms with Gasteiger partial charge < -0.3 is 14.6 Å². The number of pyridine rings is 1. The minimum atomic E-state index is -4.50. The maximum atomic E-state index is 12.8. The third-order valence-corrected chi connectivity index (χ3v) is 3.28. The van der Waals surface area contributed by atoms with Crippen molar-refractivity contribution >= 4 is 5.82 Å². The van der Waals surface area contributed by atoms with E-state index < -0.39 is 12.0 Å². The molecule has 0 amide bonds. The summed E-state index contributed by atoms with van der Waals surface area (Å²) in [7, 11) is 0. The predicted molar refractivity (Wildman–Crippen MR) is 66.2 cm³/mol. The molecule has 0 radical (unpaired) electrons. The highest BCUT2D eigenvalue weighted by Gasteiger charge is 2.39. The summed E-state index contributed by atoms with van der Waals surface area (Å²) in [6, 6.07) is 5.17. The first-order chi connectivity index (χ1) is 9.99. The zero-order valence-corrected chi connectivity index (χ0v) is 10.9. The molecular weight excluding hydrogens is 287 g/mol. The maximum absolute atomic E-state index is 12.8. The smallest absolute Gasteiger partial charge is 0.390 e. The van der Waals surface area contributed by atoms with E-state index in [1.165, 1.54) is 0 Å². The van der Waals surface area contributed by atoms with Crippen molar-refractivity contribution in [3.63, 3.8) is 0 Å². The van der Waals surface area contributed by atoms with Gasteiger partial charge in [-0.05, 0) is 12.1 Å². The van der Waals surface area contributed by atoms with Gasteiger partial charge in [-0.2, -0.15) is 13.2 Å². The van der Waals surface area contributed by atoms with Crippen LogP contribution in [0.4, 0.5) is 19.0 Å². The molecule has 0 unspecified atom stereocenters. The lowest BCUT2D eigenvalue weighted by Crippen LogP contribution is -2.35. The van der Waals surface area contributed by atoms with Crippen LogP contribution >= 0.6 is 0 Å². The molecule has 6 nitrogen and oxygen atoms in total. The van der Waals surface area contributed by atoms with Gasteiger partial charge in [0.2, 0.25) is 5.82 Å². The van der Waals surface area contributed by atoms with E-state index in [1.54, 1.807) is 18.2 Å². The molecule has 3 heterocycles. The van der Waals surface area contributed by atoms with Gasteiger partial charge in [0.25, 0.3) is 0 Å². The van der Waals surface area contributed by atoms with E-state index in [1.807, 2.05) is 4.90 Å². The van der Waals surface area contributed by atoms with Crippen LogP contribution in [0.5, 0.6) is 0 Å². The van der Waals surface area contributed by atoms with E-state index >= 15 is 0 Å². The van der Waals surface area contributed by atoms with E-state index in [-0.39, 0.29) is 25.5 Å². The van der Waals surface area contributed by atoms with Crippen molar-refractivity contribution in [3.05, 3.63) is 35.5 Å². The number of aliphatic hydroxyl groups is 1. The van der Waals surface area contributed by atoms with Crippen LogP contribution in [0.2, 0.25) is 0 Å². The maximum Gasteiger partial charge on any atom is 0.451 e. The Kier molecular flexibility index (Phi) is 3.28. The van der Waals surface area contributed by atoms with Crippen LogP contribution < -0.4 is 4.90 Å². The van der Waals surface area contributed by atoms with Crippen molar-refractivity contribution in [1.82, 2.24) is 19.7 Å². The van der Waals surface area contributed by atoms with Crippen LogP contribution in [0.25, 0.3) is 0 Å². The molecular formula is C12H12F3N5O. The first-order valence-corrected chi connectivity index (χ1v) is 6.30. The Morgan fingerprint density at radius 2 is 2.00 bits per heavy atom. The minimum absolute atomic E-state index is 0.141. The van der Waals surface area contributed by atoms with Gasteiger partial charge in [0.1, 0.15) is 5.82 Å². The molecule has 0 atom stereocenters. The molecule has 2 aromatic rings. The van der Waals surface area contributed by atoms with Gasteiger partial charge in [0, 0.05) is 13.1 Å². The lowest BCUT2D eigenvalue weighted by molar-refractivity contribution is -0.147. The summed E-state index contributed by atoms with van der Waals surface area (Å²) in [4.78, 5) is 6.05. The summed E-state index contributed by atoms with van der Waals surface area (Å²) >= 11 is 0. The molecule has 3 rings (SSSR count). The molecule has 21 heavy (non-hydrogen) atoms. The van der Waals surface area contributed by atoms with Crippen LogP contribution in [0.15, 0.2) is 18.2 Å². The standard InChI is InChI=1S/C12H12F3N5O/c13-12(14,15)11-18-17-10-6-19(4-5-20(10)11)9-3-1-2-8(7-21)16-9/h1-3,21H,4-7H2. The summed E-state index contributed by atoms with van der Waals surface area (Å²) in [6.45, 7) is 0.527. The number of aromatic nitrogens is 4. The fourth-order valence-corrected chi connectivity index (χ4v) is 2.29. The summed E-state index contributed by atoms with van der Waals surface area (Å²) in [5, 5.41) is 15.9. The van der Waals surface area contributed by atoms with Crippen LogP contribution in [0.1, 0.15) is 17.3 Å². The number of rotatable bonds is 2. The third-order valence-electron chi connectivity index (χ3n) is 3.28. The lowest BCUT2D eigenvalue weighted by atomic mass is 10.3. The number of anilines is 1. The summed E-state index contributed by atoms with van der Waals surface area (Å²) in [5.41, 5.74) is 0.510. The molecule has 9 heteroatoms. The fourth-order valence-electron chi connectivity index (χ4n) is 2.29. The summed E-state index contributed by atoms with van der Waals surface area (Å²) < 4.78 is 39.3. The molecule has 1 N–H and O–H groups in total. The Balaban J connectivity index is 1.86. The Bertz CT molecular complexity index is 655. The van der Waals surface area contributed by atoms with Crippen LogP contribution in [-0.4, -0.2) is 31.4 Å². The largest absolute Gasteiger partial charge is 0.451 e. The van der Waals surface area contributed by atoms with Crippen molar-refractivity contribution in [2.24, 2.45) is 0 Å². The summed E-state index contributed by atoms with van der Waals surface area (Å²) in [5.74, 6) is -0.108. The SMILES string of the molecule is OCc1cccc(N2CCn3c(nnc3C(F)(F)F)C2)n1. The van der Waals surface area contributed by atoms with Gasteiger partial charge in [-0.25, -0.2) is 4.98 Å². The van der Waals surface area contributed by atoms with Crippen LogP contribution in [-0.2, 0) is 25.9 Å². The van der Waals surface area contributed by atoms with Crippen molar-refractivity contribution < 1.29 is 18.3 Å². The minimum Gasteiger partial charge on any atom is -0.390 e. The molecule has 0 spiro atoms. The average molecular weight is 299 g/mol. The highest BCUT2D eigenvalue weighted by molar-refractivity contribution is 5.40. The fraction of sp³-hybridized carbons (Fsp3) is 0.417. The molecule has 0 fully saturated rings. The normalized spacial score (nSPS) is 15.1. The van der Waals surface area contributed by atoms with E-state index in [9.17, 15) is 13.2 Å². The predicted octanol–water partition coefficient (Wildman–Crippen LogP) is 1.20. The first-order valence-electron chi connectivity index (χ1n) is 6.30. The zero-order valence-electron chi connectivity index (χ0n) is 10.9. The van der Waals surface area contributed by atoms with Gasteiger partial charge in [-0.1, -0.05) is 6.07 Å². The van der Waals surface area contributed by atoms with Gasteiger partial charge >= 0.3 is 6.18 Å². The molecule has 1 aliphatic heterocycles. The van der Waals surface area contributed by atoms with Crippen molar-refractivity contribution in [2.75, 3.05) is 11.4 Å². The molecule has 0 aromatic carbocycles. The van der Waals surface area contributed by atoms with E-state index in [4.69, 9.17) is 5.11 Å². The van der Waals surface area contributed by atoms with Gasteiger partial charge in [-0.3, -0.25) is 0 Å². The van der Waals surface area contributed by atoms with Crippen molar-refractivity contribution in [3.8, 4) is 0 Å². The molecule has 1 aliphatic rings. The topological polar surface area (TPSA) is 67.1 Å². The van der Waals surface area contributed by atoms with Gasteiger partial charge in [0.05, 0.1) is 18.8 Å². The Morgan fingerprint density at radius 3 is 2.71 bits per heavy atom. The second-order valence-corrected chi connectivity index (χ2v) is 4.66. The summed E-state index contributed by atoms with van der Waals surface area (Å²) in [6.07, 6.45) is -4.50. The Labute approximate surface area is 117 Å². The van der Waals surface area contributed by atoms with E-state index in [0.717, 1.165) is 4.57 Å². The monoisotopic (exact) mass is 299 g/mol. The number of alkyl halides is 3. The Morgan fingerprint density at radius 1 is 1.19 bits per heavy atom. The molecule has 2 aromatic heterocycles.